The highest BCUT2D eigenvalue weighted by Gasteiger charge is 2.03. The average molecular weight is 266 g/mol. The van der Waals surface area contributed by atoms with E-state index in [2.05, 4.69) is 4.98 Å². The van der Waals surface area contributed by atoms with Crippen molar-refractivity contribution in [2.45, 2.75) is 6.92 Å². The maximum atomic E-state index is 8.72. The highest BCUT2D eigenvalue weighted by molar-refractivity contribution is 5.52. The Hall–Kier alpha value is -2.80. The molecule has 0 aliphatic carbocycles. The van der Waals surface area contributed by atoms with Crippen molar-refractivity contribution in [2.75, 3.05) is 7.11 Å². The summed E-state index contributed by atoms with van der Waals surface area (Å²) in [5.74, 6) is 1.20. The van der Waals surface area contributed by atoms with E-state index in [4.69, 9.17) is 14.7 Å². The summed E-state index contributed by atoms with van der Waals surface area (Å²) in [7, 11) is 1.61. The van der Waals surface area contributed by atoms with Crippen LogP contribution in [0.3, 0.4) is 0 Å². The first-order valence-electron chi connectivity index (χ1n) is 6.07. The van der Waals surface area contributed by atoms with Crippen LogP contribution in [0.2, 0.25) is 0 Å². The third-order valence-electron chi connectivity index (χ3n) is 2.68. The molecule has 4 nitrogen and oxygen atoms in total. The van der Waals surface area contributed by atoms with Crippen LogP contribution in [-0.2, 0) is 4.74 Å². The molecule has 0 N–H and O–H groups in total. The zero-order chi connectivity index (χ0) is 14.4. The molecule has 2 rings (SSSR count). The van der Waals surface area contributed by atoms with Gasteiger partial charge in [-0.05, 0) is 42.3 Å². The molecule has 100 valence electrons. The molecular weight excluding hydrogens is 252 g/mol. The van der Waals surface area contributed by atoms with Gasteiger partial charge in [-0.25, -0.2) is 4.98 Å². The lowest BCUT2D eigenvalue weighted by molar-refractivity contribution is 0.341. The van der Waals surface area contributed by atoms with E-state index in [9.17, 15) is 0 Å². The smallest absolute Gasteiger partial charge is 0.219 e. The highest BCUT2D eigenvalue weighted by Crippen LogP contribution is 2.24. The molecule has 0 aliphatic rings. The first-order chi connectivity index (χ1) is 9.72. The van der Waals surface area contributed by atoms with Crippen LogP contribution >= 0.6 is 0 Å². The summed E-state index contributed by atoms with van der Waals surface area (Å²) in [6, 6.07) is 11.2. The summed E-state index contributed by atoms with van der Waals surface area (Å²) in [5, 5.41) is 8.72. The molecule has 0 atom stereocenters. The summed E-state index contributed by atoms with van der Waals surface area (Å²) in [6.45, 7) is 1.96. The van der Waals surface area contributed by atoms with Crippen molar-refractivity contribution in [1.82, 2.24) is 4.98 Å². The number of ether oxygens (including phenoxy) is 2. The molecule has 0 fully saturated rings. The Bertz CT molecular complexity index is 655. The number of pyridine rings is 1. The van der Waals surface area contributed by atoms with Crippen molar-refractivity contribution in [3.63, 3.8) is 0 Å². The van der Waals surface area contributed by atoms with Crippen LogP contribution in [-0.4, -0.2) is 12.1 Å². The van der Waals surface area contributed by atoms with Gasteiger partial charge in [-0.1, -0.05) is 6.07 Å². The van der Waals surface area contributed by atoms with E-state index < -0.39 is 0 Å². The zero-order valence-corrected chi connectivity index (χ0v) is 11.3. The van der Waals surface area contributed by atoms with E-state index in [1.807, 2.05) is 37.3 Å². The molecule has 0 radical (unpaired) electrons. The van der Waals surface area contributed by atoms with Gasteiger partial charge in [0.2, 0.25) is 5.88 Å². The van der Waals surface area contributed by atoms with Crippen molar-refractivity contribution in [3.8, 4) is 17.7 Å². The summed E-state index contributed by atoms with van der Waals surface area (Å²) < 4.78 is 10.6. The number of hydrogen-bond donors (Lipinski definition) is 0. The maximum Gasteiger partial charge on any atom is 0.219 e. The Morgan fingerprint density at radius 2 is 2.10 bits per heavy atom. The minimum absolute atomic E-state index is 0.465. The SMILES string of the molecule is CO/C=C/c1ccc(Oc2ccc(C#N)cn2)c(C)c1. The molecule has 0 aliphatic heterocycles. The Balaban J connectivity index is 2.17. The number of hydrogen-bond acceptors (Lipinski definition) is 4. The fourth-order valence-electron chi connectivity index (χ4n) is 1.66. The van der Waals surface area contributed by atoms with E-state index in [0.717, 1.165) is 16.9 Å². The van der Waals surface area contributed by atoms with Gasteiger partial charge in [0.25, 0.3) is 0 Å². The number of benzene rings is 1. The number of aromatic nitrogens is 1. The number of rotatable bonds is 4. The van der Waals surface area contributed by atoms with Crippen molar-refractivity contribution in [3.05, 3.63) is 59.5 Å². The normalized spacial score (nSPS) is 10.2. The summed E-state index contributed by atoms with van der Waals surface area (Å²) >= 11 is 0. The van der Waals surface area contributed by atoms with E-state index >= 15 is 0 Å². The van der Waals surface area contributed by atoms with Gasteiger partial charge in [-0.2, -0.15) is 5.26 Å². The lowest BCUT2D eigenvalue weighted by atomic mass is 10.1. The second-order valence-electron chi connectivity index (χ2n) is 4.16. The molecular formula is C16H14N2O2. The third kappa shape index (κ3) is 3.36. The molecule has 0 bridgehead atoms. The molecule has 0 amide bonds. The van der Waals surface area contributed by atoms with Gasteiger partial charge in [0.1, 0.15) is 11.8 Å². The summed E-state index contributed by atoms with van der Waals surface area (Å²) in [4.78, 5) is 4.08. The first kappa shape index (κ1) is 13.6. The molecule has 4 heteroatoms. The second-order valence-corrected chi connectivity index (χ2v) is 4.16. The van der Waals surface area contributed by atoms with Crippen molar-refractivity contribution < 1.29 is 9.47 Å². The number of aryl methyl sites for hydroxylation is 1. The van der Waals surface area contributed by atoms with Gasteiger partial charge in [-0.15, -0.1) is 0 Å². The largest absolute Gasteiger partial charge is 0.504 e. The van der Waals surface area contributed by atoms with Crippen LogP contribution in [0, 0.1) is 18.3 Å². The van der Waals surface area contributed by atoms with Gasteiger partial charge >= 0.3 is 0 Å². The standard InChI is InChI=1S/C16H14N2O2/c1-12-9-13(7-8-19-2)3-5-15(12)20-16-6-4-14(10-17)11-18-16/h3-9,11H,1-2H3/b8-7+. The molecule has 0 unspecified atom stereocenters. The van der Waals surface area contributed by atoms with Crippen LogP contribution in [0.15, 0.2) is 42.8 Å². The predicted molar refractivity (Wildman–Crippen MR) is 76.2 cm³/mol. The predicted octanol–water partition coefficient (Wildman–Crippen LogP) is 3.67. The quantitative estimate of drug-likeness (QED) is 0.792. The topological polar surface area (TPSA) is 55.1 Å². The number of nitriles is 1. The lowest BCUT2D eigenvalue weighted by Crippen LogP contribution is -1.91. The fourth-order valence-corrected chi connectivity index (χ4v) is 1.66. The van der Waals surface area contributed by atoms with Crippen molar-refractivity contribution in [2.24, 2.45) is 0 Å². The van der Waals surface area contributed by atoms with Crippen LogP contribution in [0.25, 0.3) is 6.08 Å². The molecule has 1 aromatic carbocycles. The molecule has 0 saturated carbocycles. The Morgan fingerprint density at radius 1 is 1.25 bits per heavy atom. The summed E-state index contributed by atoms with van der Waals surface area (Å²) in [6.07, 6.45) is 4.98. The fraction of sp³-hybridized carbons (Fsp3) is 0.125. The van der Waals surface area contributed by atoms with Crippen molar-refractivity contribution >= 4 is 6.08 Å². The van der Waals surface area contributed by atoms with Gasteiger partial charge in [0.15, 0.2) is 0 Å². The minimum atomic E-state index is 0.465. The van der Waals surface area contributed by atoms with Gasteiger partial charge in [-0.3, -0.25) is 0 Å². The van der Waals surface area contributed by atoms with E-state index in [1.165, 1.54) is 6.20 Å². The molecule has 0 spiro atoms. The van der Waals surface area contributed by atoms with Gasteiger partial charge in [0.05, 0.1) is 18.9 Å². The van der Waals surface area contributed by atoms with Crippen LogP contribution < -0.4 is 4.74 Å². The first-order valence-corrected chi connectivity index (χ1v) is 6.07. The van der Waals surface area contributed by atoms with E-state index in [1.54, 1.807) is 25.5 Å². The minimum Gasteiger partial charge on any atom is -0.504 e. The molecule has 0 saturated heterocycles. The average Bonchev–Trinajstić information content (AvgIpc) is 2.48. The number of nitrogens with zero attached hydrogens (tertiary/aromatic N) is 2. The molecule has 1 heterocycles. The maximum absolute atomic E-state index is 8.72. The Kier molecular flexibility index (Phi) is 4.35. The zero-order valence-electron chi connectivity index (χ0n) is 11.3. The van der Waals surface area contributed by atoms with Crippen LogP contribution in [0.1, 0.15) is 16.7 Å². The summed E-state index contributed by atoms with van der Waals surface area (Å²) in [5.41, 5.74) is 2.54. The van der Waals surface area contributed by atoms with Gasteiger partial charge in [0, 0.05) is 12.3 Å². The van der Waals surface area contributed by atoms with E-state index in [-0.39, 0.29) is 0 Å². The number of methoxy groups -OCH3 is 1. The Morgan fingerprint density at radius 3 is 2.70 bits per heavy atom. The van der Waals surface area contributed by atoms with E-state index in [0.29, 0.717) is 11.4 Å². The molecule has 2 aromatic rings. The molecule has 1 aromatic heterocycles. The van der Waals surface area contributed by atoms with Crippen LogP contribution in [0.4, 0.5) is 0 Å². The molecule has 20 heavy (non-hydrogen) atoms. The monoisotopic (exact) mass is 266 g/mol. The van der Waals surface area contributed by atoms with Crippen LogP contribution in [0.5, 0.6) is 11.6 Å². The highest BCUT2D eigenvalue weighted by atomic mass is 16.5. The lowest BCUT2D eigenvalue weighted by Gasteiger charge is -2.08. The van der Waals surface area contributed by atoms with Gasteiger partial charge < -0.3 is 9.47 Å². The third-order valence-corrected chi connectivity index (χ3v) is 2.68. The second kappa shape index (κ2) is 6.39. The Labute approximate surface area is 117 Å². The van der Waals surface area contributed by atoms with Crippen molar-refractivity contribution in [1.29, 1.82) is 5.26 Å².